The van der Waals surface area contributed by atoms with E-state index in [9.17, 15) is 5.11 Å². The Morgan fingerprint density at radius 1 is 1.33 bits per heavy atom. The summed E-state index contributed by atoms with van der Waals surface area (Å²) >= 11 is 0. The van der Waals surface area contributed by atoms with Crippen molar-refractivity contribution < 1.29 is 5.11 Å². The van der Waals surface area contributed by atoms with Crippen LogP contribution in [0.3, 0.4) is 0 Å². The minimum absolute atomic E-state index is 0.135. The number of rotatable bonds is 0. The molecule has 0 aliphatic carbocycles. The normalized spacial score (nSPS) is 10.8. The van der Waals surface area contributed by atoms with E-state index in [0.29, 0.717) is 5.69 Å². The van der Waals surface area contributed by atoms with Gasteiger partial charge in [0.1, 0.15) is 5.69 Å². The third-order valence-electron chi connectivity index (χ3n) is 2.11. The van der Waals surface area contributed by atoms with Crippen LogP contribution in [0, 0.1) is 0 Å². The molecule has 0 bridgehead atoms. The van der Waals surface area contributed by atoms with Crippen LogP contribution < -0.4 is 5.73 Å². The highest BCUT2D eigenvalue weighted by atomic mass is 16.3. The molecule has 62 valence electrons. The summed E-state index contributed by atoms with van der Waals surface area (Å²) < 4.78 is 1.67. The average molecular weight is 162 g/mol. The van der Waals surface area contributed by atoms with Crippen LogP contribution in [0.15, 0.2) is 24.3 Å². The largest absolute Gasteiger partial charge is 0.493 e. The maximum atomic E-state index is 9.47. The van der Waals surface area contributed by atoms with E-state index in [0.717, 1.165) is 10.9 Å². The predicted octanol–water partition coefficient (Wildman–Crippen LogP) is 1.47. The van der Waals surface area contributed by atoms with E-state index in [-0.39, 0.29) is 5.88 Å². The number of nitrogen functional groups attached to an aromatic ring is 1. The van der Waals surface area contributed by atoms with E-state index in [1.165, 1.54) is 0 Å². The Hall–Kier alpha value is -1.64. The first kappa shape index (κ1) is 7.03. The number of hydrogen-bond donors (Lipinski definition) is 2. The van der Waals surface area contributed by atoms with Gasteiger partial charge < -0.3 is 15.4 Å². The van der Waals surface area contributed by atoms with Gasteiger partial charge in [-0.1, -0.05) is 18.2 Å². The topological polar surface area (TPSA) is 51.2 Å². The molecule has 0 atom stereocenters. The van der Waals surface area contributed by atoms with Gasteiger partial charge in [-0.05, 0) is 6.07 Å². The fourth-order valence-corrected chi connectivity index (χ4v) is 1.41. The number of aromatic hydroxyl groups is 1. The monoisotopic (exact) mass is 162 g/mol. The molecule has 0 aliphatic heterocycles. The Morgan fingerprint density at radius 2 is 2.00 bits per heavy atom. The van der Waals surface area contributed by atoms with Crippen LogP contribution in [0.2, 0.25) is 0 Å². The molecule has 2 rings (SSSR count). The van der Waals surface area contributed by atoms with Crippen molar-refractivity contribution >= 4 is 16.6 Å². The highest BCUT2D eigenvalue weighted by Gasteiger charge is 2.09. The molecule has 0 unspecified atom stereocenters. The van der Waals surface area contributed by atoms with E-state index in [1.807, 2.05) is 24.3 Å². The molecule has 3 heteroatoms. The Kier molecular flexibility index (Phi) is 1.27. The van der Waals surface area contributed by atoms with Crippen molar-refractivity contribution in [2.24, 2.45) is 7.05 Å². The lowest BCUT2D eigenvalue weighted by atomic mass is 10.2. The highest BCUT2D eigenvalue weighted by molar-refractivity contribution is 5.95. The third-order valence-corrected chi connectivity index (χ3v) is 2.11. The van der Waals surface area contributed by atoms with Crippen molar-refractivity contribution in [3.8, 4) is 5.88 Å². The molecule has 0 saturated heterocycles. The zero-order valence-electron chi connectivity index (χ0n) is 6.78. The second-order valence-electron chi connectivity index (χ2n) is 2.81. The number of anilines is 1. The van der Waals surface area contributed by atoms with E-state index >= 15 is 0 Å². The second-order valence-corrected chi connectivity index (χ2v) is 2.81. The van der Waals surface area contributed by atoms with Crippen LogP contribution in [-0.4, -0.2) is 9.67 Å². The van der Waals surface area contributed by atoms with Crippen LogP contribution in [0.25, 0.3) is 10.9 Å². The molecule has 0 aliphatic rings. The number of nitrogens with zero attached hydrogens (tertiary/aromatic N) is 1. The lowest BCUT2D eigenvalue weighted by Gasteiger charge is -1.94. The van der Waals surface area contributed by atoms with Crippen molar-refractivity contribution in [3.63, 3.8) is 0 Å². The minimum atomic E-state index is 0.135. The SMILES string of the molecule is Cn1c(O)c(N)c2ccccc21. The van der Waals surface area contributed by atoms with Gasteiger partial charge >= 0.3 is 0 Å². The molecule has 0 amide bonds. The first-order valence-corrected chi connectivity index (χ1v) is 3.73. The number of nitrogens with two attached hydrogens (primary N) is 1. The molecule has 1 heterocycles. The van der Waals surface area contributed by atoms with E-state index in [4.69, 9.17) is 5.73 Å². The molecule has 0 saturated carbocycles. The highest BCUT2D eigenvalue weighted by Crippen LogP contribution is 2.31. The summed E-state index contributed by atoms with van der Waals surface area (Å²) in [5.74, 6) is 0.135. The number of aryl methyl sites for hydroxylation is 1. The van der Waals surface area contributed by atoms with Crippen LogP contribution in [0.5, 0.6) is 5.88 Å². The van der Waals surface area contributed by atoms with Crippen molar-refractivity contribution in [2.75, 3.05) is 5.73 Å². The van der Waals surface area contributed by atoms with Gasteiger partial charge in [0.15, 0.2) is 0 Å². The van der Waals surface area contributed by atoms with Crippen molar-refractivity contribution in [1.29, 1.82) is 0 Å². The lowest BCUT2D eigenvalue weighted by molar-refractivity contribution is 0.438. The first-order valence-electron chi connectivity index (χ1n) is 3.73. The average Bonchev–Trinajstić information content (AvgIpc) is 2.33. The smallest absolute Gasteiger partial charge is 0.215 e. The van der Waals surface area contributed by atoms with Crippen LogP contribution in [0.1, 0.15) is 0 Å². The zero-order chi connectivity index (χ0) is 8.72. The Bertz CT molecular complexity index is 392. The number of benzene rings is 1. The van der Waals surface area contributed by atoms with Crippen molar-refractivity contribution in [1.82, 2.24) is 4.57 Å². The van der Waals surface area contributed by atoms with Gasteiger partial charge in [-0.3, -0.25) is 0 Å². The third kappa shape index (κ3) is 0.704. The Labute approximate surface area is 70.0 Å². The van der Waals surface area contributed by atoms with E-state index < -0.39 is 0 Å². The second kappa shape index (κ2) is 2.17. The van der Waals surface area contributed by atoms with Gasteiger partial charge in [0.05, 0.1) is 5.52 Å². The standard InChI is InChI=1S/C9H10N2O/c1-11-7-5-3-2-4-6(7)8(10)9(11)12/h2-5,12H,10H2,1H3. The van der Waals surface area contributed by atoms with Gasteiger partial charge in [-0.2, -0.15) is 0 Å². The summed E-state index contributed by atoms with van der Waals surface area (Å²) in [5, 5.41) is 10.4. The molecule has 0 spiro atoms. The summed E-state index contributed by atoms with van der Waals surface area (Å²) in [6.07, 6.45) is 0. The summed E-state index contributed by atoms with van der Waals surface area (Å²) in [6.45, 7) is 0. The zero-order valence-corrected chi connectivity index (χ0v) is 6.78. The Morgan fingerprint density at radius 3 is 2.67 bits per heavy atom. The molecule has 1 aromatic carbocycles. The summed E-state index contributed by atoms with van der Waals surface area (Å²) in [6, 6.07) is 7.63. The number of para-hydroxylation sites is 1. The number of hydrogen-bond acceptors (Lipinski definition) is 2. The molecule has 0 fully saturated rings. The maximum absolute atomic E-state index is 9.47. The van der Waals surface area contributed by atoms with Gasteiger partial charge in [0.25, 0.3) is 0 Å². The number of fused-ring (bicyclic) bond motifs is 1. The summed E-state index contributed by atoms with van der Waals surface area (Å²) in [7, 11) is 1.79. The van der Waals surface area contributed by atoms with Crippen molar-refractivity contribution in [2.45, 2.75) is 0 Å². The maximum Gasteiger partial charge on any atom is 0.215 e. The fourth-order valence-electron chi connectivity index (χ4n) is 1.41. The minimum Gasteiger partial charge on any atom is -0.493 e. The van der Waals surface area contributed by atoms with Gasteiger partial charge in [-0.15, -0.1) is 0 Å². The lowest BCUT2D eigenvalue weighted by Crippen LogP contribution is -1.86. The molecular formula is C9H10N2O. The predicted molar refractivity (Wildman–Crippen MR) is 49.0 cm³/mol. The quantitative estimate of drug-likeness (QED) is 0.616. The van der Waals surface area contributed by atoms with E-state index in [2.05, 4.69) is 0 Å². The summed E-state index contributed by atoms with van der Waals surface area (Å²) in [5.41, 5.74) is 7.07. The van der Waals surface area contributed by atoms with Crippen molar-refractivity contribution in [3.05, 3.63) is 24.3 Å². The van der Waals surface area contributed by atoms with E-state index in [1.54, 1.807) is 11.6 Å². The van der Waals surface area contributed by atoms with Crippen LogP contribution in [-0.2, 0) is 7.05 Å². The van der Waals surface area contributed by atoms with Crippen LogP contribution >= 0.6 is 0 Å². The van der Waals surface area contributed by atoms with Gasteiger partial charge in [0, 0.05) is 12.4 Å². The first-order chi connectivity index (χ1) is 5.72. The number of aromatic nitrogens is 1. The van der Waals surface area contributed by atoms with Gasteiger partial charge in [0.2, 0.25) is 5.88 Å². The molecule has 0 radical (unpaired) electrons. The summed E-state index contributed by atoms with van der Waals surface area (Å²) in [4.78, 5) is 0. The molecule has 3 nitrogen and oxygen atoms in total. The fraction of sp³-hybridized carbons (Fsp3) is 0.111. The molecule has 2 aromatic rings. The Balaban J connectivity index is 2.99. The van der Waals surface area contributed by atoms with Crippen LogP contribution in [0.4, 0.5) is 5.69 Å². The molecule has 1 aromatic heterocycles. The van der Waals surface area contributed by atoms with Gasteiger partial charge in [-0.25, -0.2) is 0 Å². The molecular weight excluding hydrogens is 152 g/mol. The molecule has 3 N–H and O–H groups in total. The molecule has 12 heavy (non-hydrogen) atoms.